The Hall–Kier alpha value is -0.620. The third-order valence-electron chi connectivity index (χ3n) is 4.16. The van der Waals surface area contributed by atoms with Gasteiger partial charge in [-0.1, -0.05) is 22.0 Å². The van der Waals surface area contributed by atoms with E-state index in [-0.39, 0.29) is 0 Å². The van der Waals surface area contributed by atoms with E-state index in [2.05, 4.69) is 26.1 Å². The standard InChI is InChI=1S/C16H23BrN2O2/c17-12-2-1-3-16(8-12)21-11-15(20)9-18-13-6-7-19(10-13)14-4-5-14/h1-3,8,13-15,18,20H,4-7,9-11H2. The van der Waals surface area contributed by atoms with Crippen molar-refractivity contribution in [1.82, 2.24) is 10.2 Å². The van der Waals surface area contributed by atoms with Gasteiger partial charge < -0.3 is 15.2 Å². The SMILES string of the molecule is OC(CNC1CCN(C2CC2)C1)COc1cccc(Br)c1. The Kier molecular flexibility index (Phi) is 5.16. The molecule has 4 nitrogen and oxygen atoms in total. The Bertz CT molecular complexity index is 467. The highest BCUT2D eigenvalue weighted by Gasteiger charge is 2.34. The van der Waals surface area contributed by atoms with Crippen molar-refractivity contribution in [3.05, 3.63) is 28.7 Å². The molecule has 2 atom stereocenters. The van der Waals surface area contributed by atoms with Crippen molar-refractivity contribution in [1.29, 1.82) is 0 Å². The predicted molar refractivity (Wildman–Crippen MR) is 86.6 cm³/mol. The smallest absolute Gasteiger partial charge is 0.120 e. The molecule has 0 spiro atoms. The summed E-state index contributed by atoms with van der Waals surface area (Å²) in [6.07, 6.45) is 3.46. The van der Waals surface area contributed by atoms with E-state index in [1.54, 1.807) is 0 Å². The molecule has 5 heteroatoms. The molecule has 2 unspecified atom stereocenters. The third kappa shape index (κ3) is 4.68. The number of ether oxygens (including phenoxy) is 1. The molecule has 21 heavy (non-hydrogen) atoms. The Morgan fingerprint density at radius 2 is 2.24 bits per heavy atom. The van der Waals surface area contributed by atoms with Gasteiger partial charge in [-0.15, -0.1) is 0 Å². The normalized spacial score (nSPS) is 24.2. The second-order valence-electron chi connectivity index (χ2n) is 6.04. The van der Waals surface area contributed by atoms with Gasteiger partial charge in [-0.2, -0.15) is 0 Å². The average molecular weight is 355 g/mol. The number of hydrogen-bond donors (Lipinski definition) is 2. The fourth-order valence-corrected chi connectivity index (χ4v) is 3.21. The maximum absolute atomic E-state index is 10.0. The number of hydrogen-bond acceptors (Lipinski definition) is 4. The molecule has 1 heterocycles. The van der Waals surface area contributed by atoms with Gasteiger partial charge in [0.25, 0.3) is 0 Å². The lowest BCUT2D eigenvalue weighted by atomic mass is 10.2. The van der Waals surface area contributed by atoms with Crippen LogP contribution in [0.4, 0.5) is 0 Å². The van der Waals surface area contributed by atoms with E-state index in [9.17, 15) is 5.11 Å². The van der Waals surface area contributed by atoms with Crippen molar-refractivity contribution in [2.45, 2.75) is 37.5 Å². The van der Waals surface area contributed by atoms with E-state index >= 15 is 0 Å². The average Bonchev–Trinajstić information content (AvgIpc) is 3.22. The first-order valence-electron chi connectivity index (χ1n) is 7.74. The fraction of sp³-hybridized carbons (Fsp3) is 0.625. The van der Waals surface area contributed by atoms with Crippen molar-refractivity contribution < 1.29 is 9.84 Å². The summed E-state index contributed by atoms with van der Waals surface area (Å²) in [5.41, 5.74) is 0. The summed E-state index contributed by atoms with van der Waals surface area (Å²) in [6, 6.07) is 9.05. The summed E-state index contributed by atoms with van der Waals surface area (Å²) < 4.78 is 6.59. The molecule has 2 N–H and O–H groups in total. The van der Waals surface area contributed by atoms with Crippen LogP contribution in [0.1, 0.15) is 19.3 Å². The third-order valence-corrected chi connectivity index (χ3v) is 4.66. The zero-order valence-corrected chi connectivity index (χ0v) is 13.8. The molecule has 0 aromatic heterocycles. The van der Waals surface area contributed by atoms with Crippen LogP contribution in [0.5, 0.6) is 5.75 Å². The molecule has 1 aliphatic carbocycles. The van der Waals surface area contributed by atoms with Crippen LogP contribution in [-0.4, -0.2) is 54.4 Å². The molecule has 1 aromatic carbocycles. The lowest BCUT2D eigenvalue weighted by Gasteiger charge is -2.18. The van der Waals surface area contributed by atoms with Gasteiger partial charge in [0.2, 0.25) is 0 Å². The second-order valence-corrected chi connectivity index (χ2v) is 6.96. The number of halogens is 1. The minimum absolute atomic E-state index is 0.322. The molecule has 0 radical (unpaired) electrons. The highest BCUT2D eigenvalue weighted by atomic mass is 79.9. The molecular weight excluding hydrogens is 332 g/mol. The Labute approximate surface area is 134 Å². The molecule has 116 valence electrons. The molecule has 3 rings (SSSR count). The molecule has 0 amide bonds. The van der Waals surface area contributed by atoms with E-state index in [4.69, 9.17) is 4.74 Å². The maximum atomic E-state index is 10.0. The minimum atomic E-state index is -0.473. The summed E-state index contributed by atoms with van der Waals surface area (Å²) in [4.78, 5) is 2.57. The van der Waals surface area contributed by atoms with Crippen LogP contribution in [0.2, 0.25) is 0 Å². The summed E-state index contributed by atoms with van der Waals surface area (Å²) in [5, 5.41) is 13.5. The topological polar surface area (TPSA) is 44.7 Å². The number of benzene rings is 1. The first kappa shape index (κ1) is 15.3. The molecule has 0 bridgehead atoms. The second kappa shape index (κ2) is 7.09. The first-order valence-corrected chi connectivity index (χ1v) is 8.54. The number of likely N-dealkylation sites (tertiary alicyclic amines) is 1. The molecule has 2 fully saturated rings. The highest BCUT2D eigenvalue weighted by molar-refractivity contribution is 9.10. The summed E-state index contributed by atoms with van der Waals surface area (Å²) >= 11 is 3.41. The van der Waals surface area contributed by atoms with E-state index < -0.39 is 6.10 Å². The van der Waals surface area contributed by atoms with E-state index in [0.29, 0.717) is 19.2 Å². The van der Waals surface area contributed by atoms with E-state index in [1.165, 1.54) is 25.8 Å². The molecular formula is C16H23BrN2O2. The van der Waals surface area contributed by atoms with Gasteiger partial charge >= 0.3 is 0 Å². The van der Waals surface area contributed by atoms with Gasteiger partial charge in [0.05, 0.1) is 0 Å². The van der Waals surface area contributed by atoms with Crippen LogP contribution in [-0.2, 0) is 0 Å². The van der Waals surface area contributed by atoms with Crippen LogP contribution in [0.15, 0.2) is 28.7 Å². The van der Waals surface area contributed by atoms with Crippen LogP contribution in [0, 0.1) is 0 Å². The van der Waals surface area contributed by atoms with Crippen LogP contribution < -0.4 is 10.1 Å². The summed E-state index contributed by atoms with van der Waals surface area (Å²) in [6.45, 7) is 3.25. The Balaban J connectivity index is 1.33. The molecule has 2 aliphatic rings. The lowest BCUT2D eigenvalue weighted by Crippen LogP contribution is -2.39. The molecule has 1 aliphatic heterocycles. The van der Waals surface area contributed by atoms with Gasteiger partial charge in [-0.05, 0) is 37.5 Å². The van der Waals surface area contributed by atoms with Crippen molar-refractivity contribution in [3.63, 3.8) is 0 Å². The number of nitrogens with zero attached hydrogens (tertiary/aromatic N) is 1. The number of rotatable bonds is 7. The fourth-order valence-electron chi connectivity index (χ4n) is 2.84. The largest absolute Gasteiger partial charge is 0.491 e. The Morgan fingerprint density at radius 3 is 3.00 bits per heavy atom. The van der Waals surface area contributed by atoms with E-state index in [1.807, 2.05) is 24.3 Å². The Morgan fingerprint density at radius 1 is 1.38 bits per heavy atom. The highest BCUT2D eigenvalue weighted by Crippen LogP contribution is 2.29. The summed E-state index contributed by atoms with van der Waals surface area (Å²) in [5.74, 6) is 0.782. The van der Waals surface area contributed by atoms with E-state index in [0.717, 1.165) is 22.8 Å². The van der Waals surface area contributed by atoms with Crippen LogP contribution >= 0.6 is 15.9 Å². The van der Waals surface area contributed by atoms with Crippen LogP contribution in [0.3, 0.4) is 0 Å². The number of aliphatic hydroxyl groups excluding tert-OH is 1. The zero-order valence-electron chi connectivity index (χ0n) is 12.2. The summed E-state index contributed by atoms with van der Waals surface area (Å²) in [7, 11) is 0. The van der Waals surface area contributed by atoms with Crippen molar-refractivity contribution in [3.8, 4) is 5.75 Å². The predicted octanol–water partition coefficient (Wildman–Crippen LogP) is 2.02. The number of aliphatic hydroxyl groups is 1. The van der Waals surface area contributed by atoms with Crippen molar-refractivity contribution >= 4 is 15.9 Å². The molecule has 1 saturated heterocycles. The van der Waals surface area contributed by atoms with Gasteiger partial charge in [-0.25, -0.2) is 0 Å². The van der Waals surface area contributed by atoms with Gasteiger partial charge in [0.1, 0.15) is 18.5 Å². The zero-order chi connectivity index (χ0) is 14.7. The van der Waals surface area contributed by atoms with Gasteiger partial charge in [-0.3, -0.25) is 4.90 Å². The lowest BCUT2D eigenvalue weighted by molar-refractivity contribution is 0.103. The first-order chi connectivity index (χ1) is 10.2. The molecule has 1 aromatic rings. The number of nitrogens with one attached hydrogen (secondary N) is 1. The monoisotopic (exact) mass is 354 g/mol. The van der Waals surface area contributed by atoms with Crippen LogP contribution in [0.25, 0.3) is 0 Å². The maximum Gasteiger partial charge on any atom is 0.120 e. The van der Waals surface area contributed by atoms with Crippen molar-refractivity contribution in [2.24, 2.45) is 0 Å². The van der Waals surface area contributed by atoms with Gasteiger partial charge in [0, 0.05) is 36.2 Å². The minimum Gasteiger partial charge on any atom is -0.491 e. The van der Waals surface area contributed by atoms with Crippen molar-refractivity contribution in [2.75, 3.05) is 26.2 Å². The quantitative estimate of drug-likeness (QED) is 0.786. The molecule has 1 saturated carbocycles. The van der Waals surface area contributed by atoms with Gasteiger partial charge in [0.15, 0.2) is 0 Å².